The Labute approximate surface area is 137 Å². The van der Waals surface area contributed by atoms with Crippen LogP contribution in [0.2, 0.25) is 0 Å². The van der Waals surface area contributed by atoms with Gasteiger partial charge in [-0.2, -0.15) is 0 Å². The molecule has 2 heteroatoms. The maximum absolute atomic E-state index is 12.9. The van der Waals surface area contributed by atoms with Gasteiger partial charge in [-0.1, -0.05) is 74.5 Å². The Morgan fingerprint density at radius 2 is 1.64 bits per heavy atom. The maximum atomic E-state index is 12.9. The summed E-state index contributed by atoms with van der Waals surface area (Å²) in [6.07, 6.45) is 6.10. The van der Waals surface area contributed by atoms with E-state index in [0.29, 0.717) is 0 Å². The van der Waals surface area contributed by atoms with Gasteiger partial charge < -0.3 is 0 Å². The minimum absolute atomic E-state index is 0.103. The average Bonchev–Trinajstić information content (AvgIpc) is 2.55. The van der Waals surface area contributed by atoms with Crippen LogP contribution in [0.5, 0.6) is 0 Å². The number of allylic oxidation sites excluding steroid dienone is 1. The summed E-state index contributed by atoms with van der Waals surface area (Å²) < 4.78 is 0. The van der Waals surface area contributed by atoms with Crippen LogP contribution in [0, 0.1) is 11.8 Å². The summed E-state index contributed by atoms with van der Waals surface area (Å²) in [7, 11) is 0. The van der Waals surface area contributed by atoms with E-state index < -0.39 is 0 Å². The van der Waals surface area contributed by atoms with Crippen LogP contribution in [-0.4, -0.2) is 12.0 Å². The quantitative estimate of drug-likeness (QED) is 0.512. The molecule has 0 aromatic heterocycles. The van der Waals surface area contributed by atoms with E-state index >= 15 is 0 Å². The molecule has 0 spiro atoms. The second-order valence-electron chi connectivity index (χ2n) is 5.60. The van der Waals surface area contributed by atoms with Crippen molar-refractivity contribution >= 4 is 23.6 Å². The second kappa shape index (κ2) is 8.00. The summed E-state index contributed by atoms with van der Waals surface area (Å²) in [6, 6.07) is 18.0. The molecule has 2 rings (SSSR count). The summed E-state index contributed by atoms with van der Waals surface area (Å²) in [5.41, 5.74) is 1.95. The standard InChI is InChI=1S/C20H22OS/c1-15(2)17(14-13-16-9-5-4-6-10-16)20(21)18-11-7-8-12-19(18)22-3/h4-15,17H,1-3H3/b14-13+. The van der Waals surface area contributed by atoms with Crippen LogP contribution in [0.15, 0.2) is 65.6 Å². The van der Waals surface area contributed by atoms with Gasteiger partial charge in [-0.25, -0.2) is 0 Å². The normalized spacial score (nSPS) is 12.7. The molecule has 0 aliphatic heterocycles. The molecular weight excluding hydrogens is 288 g/mol. The second-order valence-corrected chi connectivity index (χ2v) is 6.45. The van der Waals surface area contributed by atoms with Crippen molar-refractivity contribution in [1.29, 1.82) is 0 Å². The topological polar surface area (TPSA) is 17.1 Å². The molecule has 114 valence electrons. The van der Waals surface area contributed by atoms with E-state index in [1.54, 1.807) is 11.8 Å². The number of Topliss-reactive ketones (excluding diaryl/α,β-unsaturated/α-hetero) is 1. The van der Waals surface area contributed by atoms with Crippen molar-refractivity contribution in [1.82, 2.24) is 0 Å². The Morgan fingerprint density at radius 1 is 1.00 bits per heavy atom. The third-order valence-corrected chi connectivity index (χ3v) is 4.48. The zero-order chi connectivity index (χ0) is 15.9. The monoisotopic (exact) mass is 310 g/mol. The largest absolute Gasteiger partial charge is 0.293 e. The van der Waals surface area contributed by atoms with Gasteiger partial charge in [0.15, 0.2) is 5.78 Å². The average molecular weight is 310 g/mol. The highest BCUT2D eigenvalue weighted by Crippen LogP contribution is 2.26. The summed E-state index contributed by atoms with van der Waals surface area (Å²) in [5.74, 6) is 0.364. The van der Waals surface area contributed by atoms with Crippen molar-refractivity contribution in [3.63, 3.8) is 0 Å². The van der Waals surface area contributed by atoms with Crippen LogP contribution in [0.4, 0.5) is 0 Å². The molecule has 0 aliphatic carbocycles. The molecule has 1 nitrogen and oxygen atoms in total. The molecule has 0 N–H and O–H groups in total. The molecule has 2 aromatic rings. The Kier molecular flexibility index (Phi) is 6.02. The van der Waals surface area contributed by atoms with Crippen LogP contribution < -0.4 is 0 Å². The highest BCUT2D eigenvalue weighted by atomic mass is 32.2. The van der Waals surface area contributed by atoms with Crippen molar-refractivity contribution in [2.75, 3.05) is 6.26 Å². The summed E-state index contributed by atoms with van der Waals surface area (Å²) >= 11 is 1.62. The zero-order valence-corrected chi connectivity index (χ0v) is 14.1. The third-order valence-electron chi connectivity index (χ3n) is 3.69. The number of rotatable bonds is 6. The van der Waals surface area contributed by atoms with Crippen LogP contribution in [0.3, 0.4) is 0 Å². The molecule has 0 aliphatic rings. The number of ketones is 1. The van der Waals surface area contributed by atoms with E-state index in [0.717, 1.165) is 16.0 Å². The minimum atomic E-state index is -0.103. The lowest BCUT2D eigenvalue weighted by Gasteiger charge is -2.17. The Balaban J connectivity index is 2.28. The molecule has 22 heavy (non-hydrogen) atoms. The van der Waals surface area contributed by atoms with Crippen molar-refractivity contribution < 1.29 is 4.79 Å². The SMILES string of the molecule is CSc1ccccc1C(=O)C(/C=C/c1ccccc1)C(C)C. The van der Waals surface area contributed by atoms with Crippen molar-refractivity contribution in [2.45, 2.75) is 18.7 Å². The van der Waals surface area contributed by atoms with E-state index in [4.69, 9.17) is 0 Å². The molecule has 2 aromatic carbocycles. The van der Waals surface area contributed by atoms with Gasteiger partial charge in [-0.15, -0.1) is 11.8 Å². The van der Waals surface area contributed by atoms with Crippen LogP contribution in [0.25, 0.3) is 6.08 Å². The smallest absolute Gasteiger partial charge is 0.171 e. The number of hydrogen-bond donors (Lipinski definition) is 0. The van der Waals surface area contributed by atoms with E-state index in [1.807, 2.05) is 73.0 Å². The zero-order valence-electron chi connectivity index (χ0n) is 13.3. The lowest BCUT2D eigenvalue weighted by Crippen LogP contribution is -2.19. The molecule has 0 fully saturated rings. The number of carbonyl (C=O) groups excluding carboxylic acids is 1. The third kappa shape index (κ3) is 4.11. The van der Waals surface area contributed by atoms with E-state index in [-0.39, 0.29) is 17.6 Å². The fraction of sp³-hybridized carbons (Fsp3) is 0.250. The molecule has 0 bridgehead atoms. The van der Waals surface area contributed by atoms with Crippen LogP contribution in [0.1, 0.15) is 29.8 Å². The van der Waals surface area contributed by atoms with Gasteiger partial charge in [-0.3, -0.25) is 4.79 Å². The highest BCUT2D eigenvalue weighted by molar-refractivity contribution is 7.98. The Bertz CT molecular complexity index is 644. The molecule has 0 amide bonds. The first-order valence-corrected chi connectivity index (χ1v) is 8.76. The molecule has 1 atom stereocenters. The van der Waals surface area contributed by atoms with Gasteiger partial charge in [0.2, 0.25) is 0 Å². The van der Waals surface area contributed by atoms with Crippen molar-refractivity contribution in [3.8, 4) is 0 Å². The molecule has 1 unspecified atom stereocenters. The van der Waals surface area contributed by atoms with E-state index in [1.165, 1.54) is 0 Å². The van der Waals surface area contributed by atoms with E-state index in [2.05, 4.69) is 13.8 Å². The number of thioether (sulfide) groups is 1. The fourth-order valence-corrected chi connectivity index (χ4v) is 3.02. The number of benzene rings is 2. The summed E-state index contributed by atoms with van der Waals surface area (Å²) in [4.78, 5) is 14.0. The number of hydrogen-bond acceptors (Lipinski definition) is 2. The maximum Gasteiger partial charge on any atom is 0.171 e. The van der Waals surface area contributed by atoms with Gasteiger partial charge in [0.1, 0.15) is 0 Å². The highest BCUT2D eigenvalue weighted by Gasteiger charge is 2.22. The van der Waals surface area contributed by atoms with Crippen LogP contribution >= 0.6 is 11.8 Å². The van der Waals surface area contributed by atoms with Crippen molar-refractivity contribution in [2.24, 2.45) is 11.8 Å². The van der Waals surface area contributed by atoms with E-state index in [9.17, 15) is 4.79 Å². The molecular formula is C20H22OS. The Hall–Kier alpha value is -1.80. The molecule has 0 saturated carbocycles. The lowest BCUT2D eigenvalue weighted by atomic mass is 9.87. The fourth-order valence-electron chi connectivity index (χ4n) is 2.42. The lowest BCUT2D eigenvalue weighted by molar-refractivity contribution is 0.0917. The predicted molar refractivity (Wildman–Crippen MR) is 96.4 cm³/mol. The van der Waals surface area contributed by atoms with Crippen LogP contribution in [-0.2, 0) is 0 Å². The van der Waals surface area contributed by atoms with Gasteiger partial charge in [0.05, 0.1) is 0 Å². The Morgan fingerprint density at radius 3 is 2.27 bits per heavy atom. The summed E-state index contributed by atoms with van der Waals surface area (Å²) in [6.45, 7) is 4.19. The minimum Gasteiger partial charge on any atom is -0.293 e. The molecule has 0 radical (unpaired) electrons. The first-order chi connectivity index (χ1) is 10.6. The van der Waals surface area contributed by atoms with Crippen molar-refractivity contribution in [3.05, 3.63) is 71.8 Å². The van der Waals surface area contributed by atoms with Gasteiger partial charge >= 0.3 is 0 Å². The van der Waals surface area contributed by atoms with Gasteiger partial charge in [0, 0.05) is 16.4 Å². The first kappa shape index (κ1) is 16.6. The summed E-state index contributed by atoms with van der Waals surface area (Å²) in [5, 5.41) is 0. The van der Waals surface area contributed by atoms with Gasteiger partial charge in [-0.05, 0) is 23.8 Å². The van der Waals surface area contributed by atoms with Gasteiger partial charge in [0.25, 0.3) is 0 Å². The molecule has 0 heterocycles. The first-order valence-electron chi connectivity index (χ1n) is 7.54. The number of carbonyl (C=O) groups is 1. The molecule has 0 saturated heterocycles. The predicted octanol–water partition coefficient (Wildman–Crippen LogP) is 5.58.